The Labute approximate surface area is 255 Å². The van der Waals surface area contributed by atoms with E-state index in [4.69, 9.17) is 15.0 Å². The first-order valence-corrected chi connectivity index (χ1v) is 14.6. The summed E-state index contributed by atoms with van der Waals surface area (Å²) in [5.41, 5.74) is 7.37. The molecule has 8 rings (SSSR count). The third-order valence-electron chi connectivity index (χ3n) is 8.00. The molecule has 0 amide bonds. The topological polar surface area (TPSA) is 51.6 Å². The zero-order valence-corrected chi connectivity index (χ0v) is 23.8. The van der Waals surface area contributed by atoms with E-state index in [1.807, 2.05) is 79.1 Å². The maximum absolute atomic E-state index is 5.02. The molecule has 0 radical (unpaired) electrons. The number of hydrogen-bond donors (Lipinski definition) is 0. The summed E-state index contributed by atoms with van der Waals surface area (Å²) >= 11 is 0. The fourth-order valence-corrected chi connectivity index (χ4v) is 5.98. The van der Waals surface area contributed by atoms with Gasteiger partial charge in [-0.25, -0.2) is 15.0 Å². The quantitative estimate of drug-likeness (QED) is 0.196. The fourth-order valence-electron chi connectivity index (χ4n) is 5.98. The highest BCUT2D eigenvalue weighted by atomic mass is 15.0. The van der Waals surface area contributed by atoms with Crippen LogP contribution in [-0.2, 0) is 0 Å². The number of hydrogen-bond acceptors (Lipinski definition) is 4. The van der Waals surface area contributed by atoms with E-state index in [2.05, 4.69) is 83.8 Å². The summed E-state index contributed by atoms with van der Waals surface area (Å²) in [7, 11) is 0. The molecular weight excluding hydrogens is 536 g/mol. The molecule has 8 aromatic rings. The summed E-state index contributed by atoms with van der Waals surface area (Å²) in [6, 6.07) is 50.1. The Hall–Kier alpha value is -6.00. The van der Waals surface area contributed by atoms with Gasteiger partial charge in [0.05, 0.1) is 0 Å². The SMILES string of the molecule is c1ccc(-c2nc(-c3ccccc3)nc(-c3ccc4c(c3)c(-c3ccccc3)c(-c3cccnc3)c3ccccc34)n2)cc1. The lowest BCUT2D eigenvalue weighted by molar-refractivity contribution is 1.07. The van der Waals surface area contributed by atoms with Crippen molar-refractivity contribution in [3.8, 4) is 56.4 Å². The summed E-state index contributed by atoms with van der Waals surface area (Å²) in [4.78, 5) is 19.4. The average molecular weight is 563 g/mol. The molecule has 0 saturated carbocycles. The van der Waals surface area contributed by atoms with Gasteiger partial charge < -0.3 is 0 Å². The molecule has 6 aromatic carbocycles. The van der Waals surface area contributed by atoms with Crippen molar-refractivity contribution in [2.24, 2.45) is 0 Å². The van der Waals surface area contributed by atoms with Crippen molar-refractivity contribution in [3.05, 3.63) is 158 Å². The number of fused-ring (bicyclic) bond motifs is 3. The molecule has 44 heavy (non-hydrogen) atoms. The van der Waals surface area contributed by atoms with Crippen molar-refractivity contribution in [1.82, 2.24) is 19.9 Å². The van der Waals surface area contributed by atoms with Gasteiger partial charge in [-0.2, -0.15) is 0 Å². The van der Waals surface area contributed by atoms with Crippen LogP contribution in [0.25, 0.3) is 78.0 Å². The number of aromatic nitrogens is 4. The minimum atomic E-state index is 0.634. The number of pyridine rings is 1. The summed E-state index contributed by atoms with van der Waals surface area (Å²) in [5, 5.41) is 4.70. The van der Waals surface area contributed by atoms with Gasteiger partial charge in [-0.05, 0) is 50.4 Å². The van der Waals surface area contributed by atoms with Gasteiger partial charge in [-0.15, -0.1) is 0 Å². The van der Waals surface area contributed by atoms with Gasteiger partial charge in [0, 0.05) is 34.6 Å². The number of benzene rings is 6. The van der Waals surface area contributed by atoms with Gasteiger partial charge in [0.2, 0.25) is 0 Å². The Morgan fingerprint density at radius 3 is 1.39 bits per heavy atom. The van der Waals surface area contributed by atoms with Gasteiger partial charge in [0.1, 0.15) is 0 Å². The van der Waals surface area contributed by atoms with Crippen LogP contribution in [0.3, 0.4) is 0 Å². The maximum atomic E-state index is 5.02. The number of nitrogens with zero attached hydrogens (tertiary/aromatic N) is 4. The van der Waals surface area contributed by atoms with Crippen molar-refractivity contribution >= 4 is 21.5 Å². The molecule has 0 spiro atoms. The molecule has 0 aliphatic rings. The molecule has 0 unspecified atom stereocenters. The molecule has 2 heterocycles. The highest BCUT2D eigenvalue weighted by molar-refractivity contribution is 6.22. The van der Waals surface area contributed by atoms with Crippen molar-refractivity contribution in [3.63, 3.8) is 0 Å². The predicted molar refractivity (Wildman–Crippen MR) is 180 cm³/mol. The van der Waals surface area contributed by atoms with Crippen molar-refractivity contribution in [2.75, 3.05) is 0 Å². The average Bonchev–Trinajstić information content (AvgIpc) is 3.12. The van der Waals surface area contributed by atoms with Crippen LogP contribution in [-0.4, -0.2) is 19.9 Å². The van der Waals surface area contributed by atoms with Crippen LogP contribution in [0.2, 0.25) is 0 Å². The Morgan fingerprint density at radius 2 is 0.795 bits per heavy atom. The fraction of sp³-hybridized carbons (Fsp3) is 0. The molecule has 2 aromatic heterocycles. The van der Waals surface area contributed by atoms with E-state index in [9.17, 15) is 0 Å². The lowest BCUT2D eigenvalue weighted by atomic mass is 9.85. The summed E-state index contributed by atoms with van der Waals surface area (Å²) < 4.78 is 0. The van der Waals surface area contributed by atoms with Crippen LogP contribution in [0.5, 0.6) is 0 Å². The van der Waals surface area contributed by atoms with E-state index < -0.39 is 0 Å². The van der Waals surface area contributed by atoms with E-state index in [1.165, 1.54) is 16.2 Å². The molecule has 0 aliphatic heterocycles. The van der Waals surface area contributed by atoms with Gasteiger partial charge in [0.15, 0.2) is 17.5 Å². The third kappa shape index (κ3) is 4.59. The standard InChI is InChI=1S/C40H26N4/c1-4-13-27(14-5-1)36-35-25-30(22-23-33(35)32-20-10-11-21-34(32)37(36)31-19-12-24-41-26-31)40-43-38(28-15-6-2-7-16-28)42-39(44-40)29-17-8-3-9-18-29/h1-26H. The molecule has 4 heteroatoms. The lowest BCUT2D eigenvalue weighted by Gasteiger charge is -2.19. The van der Waals surface area contributed by atoms with Crippen LogP contribution in [0, 0.1) is 0 Å². The minimum Gasteiger partial charge on any atom is -0.264 e. The van der Waals surface area contributed by atoms with E-state index in [0.29, 0.717) is 17.5 Å². The molecule has 0 N–H and O–H groups in total. The second kappa shape index (κ2) is 11.0. The predicted octanol–water partition coefficient (Wildman–Crippen LogP) is 9.91. The molecule has 0 fully saturated rings. The Balaban J connectivity index is 1.45. The highest BCUT2D eigenvalue weighted by Crippen LogP contribution is 2.45. The third-order valence-corrected chi connectivity index (χ3v) is 8.00. The number of rotatable bonds is 5. The monoisotopic (exact) mass is 562 g/mol. The lowest BCUT2D eigenvalue weighted by Crippen LogP contribution is -2.00. The van der Waals surface area contributed by atoms with E-state index in [1.54, 1.807) is 0 Å². The van der Waals surface area contributed by atoms with Crippen molar-refractivity contribution in [2.45, 2.75) is 0 Å². The maximum Gasteiger partial charge on any atom is 0.164 e. The molecule has 0 saturated heterocycles. The second-order valence-corrected chi connectivity index (χ2v) is 10.7. The van der Waals surface area contributed by atoms with Crippen LogP contribution < -0.4 is 0 Å². The first kappa shape index (κ1) is 25.7. The van der Waals surface area contributed by atoms with Crippen LogP contribution in [0.1, 0.15) is 0 Å². The smallest absolute Gasteiger partial charge is 0.164 e. The zero-order chi connectivity index (χ0) is 29.3. The van der Waals surface area contributed by atoms with Gasteiger partial charge >= 0.3 is 0 Å². The molecule has 4 nitrogen and oxygen atoms in total. The molecule has 0 atom stereocenters. The highest BCUT2D eigenvalue weighted by Gasteiger charge is 2.19. The van der Waals surface area contributed by atoms with Gasteiger partial charge in [-0.3, -0.25) is 4.98 Å². The van der Waals surface area contributed by atoms with E-state index >= 15 is 0 Å². The first-order valence-electron chi connectivity index (χ1n) is 14.6. The summed E-state index contributed by atoms with van der Waals surface area (Å²) in [6.45, 7) is 0. The molecule has 0 bridgehead atoms. The van der Waals surface area contributed by atoms with Crippen LogP contribution in [0.4, 0.5) is 0 Å². The van der Waals surface area contributed by atoms with Crippen LogP contribution >= 0.6 is 0 Å². The van der Waals surface area contributed by atoms with Crippen molar-refractivity contribution < 1.29 is 0 Å². The normalized spacial score (nSPS) is 11.2. The van der Waals surface area contributed by atoms with Crippen LogP contribution in [0.15, 0.2) is 158 Å². The Morgan fingerprint density at radius 1 is 0.318 bits per heavy atom. The van der Waals surface area contributed by atoms with Crippen molar-refractivity contribution in [1.29, 1.82) is 0 Å². The van der Waals surface area contributed by atoms with E-state index in [0.717, 1.165) is 44.3 Å². The molecule has 206 valence electrons. The zero-order valence-electron chi connectivity index (χ0n) is 23.8. The Bertz CT molecular complexity index is 2190. The molecule has 0 aliphatic carbocycles. The van der Waals surface area contributed by atoms with Gasteiger partial charge in [0.25, 0.3) is 0 Å². The minimum absolute atomic E-state index is 0.634. The van der Waals surface area contributed by atoms with E-state index in [-0.39, 0.29) is 0 Å². The Kier molecular flexibility index (Phi) is 6.43. The van der Waals surface area contributed by atoms with Gasteiger partial charge in [-0.1, -0.05) is 133 Å². The summed E-state index contributed by atoms with van der Waals surface area (Å²) in [5.74, 6) is 1.93. The molecular formula is C40H26N4. The summed E-state index contributed by atoms with van der Waals surface area (Å²) in [6.07, 6.45) is 3.77. The second-order valence-electron chi connectivity index (χ2n) is 10.7. The largest absolute Gasteiger partial charge is 0.264 e. The first-order chi connectivity index (χ1) is 21.8.